The molecule has 15 atom stereocenters. The molecule has 0 amide bonds. The highest BCUT2D eigenvalue weighted by Gasteiger charge is 2.62. The van der Waals surface area contributed by atoms with Crippen molar-refractivity contribution in [2.45, 2.75) is 255 Å². The molecule has 572 valence electrons. The van der Waals surface area contributed by atoms with Crippen LogP contribution in [0.4, 0.5) is 17.1 Å². The van der Waals surface area contributed by atoms with Crippen LogP contribution in [0.1, 0.15) is 186 Å². The van der Waals surface area contributed by atoms with Gasteiger partial charge in [-0.3, -0.25) is 4.90 Å². The smallest absolute Gasteiger partial charge is 0.226 e. The number of fused-ring (bicyclic) bond motifs is 11. The number of nitrogens with zero attached hydrogens (tertiary/aromatic N) is 6. The molecule has 0 aromatic heterocycles. The lowest BCUT2D eigenvalue weighted by molar-refractivity contribution is 0.0744. The van der Waals surface area contributed by atoms with Crippen molar-refractivity contribution in [3.8, 4) is 11.1 Å². The second-order valence-electron chi connectivity index (χ2n) is 38.1. The van der Waals surface area contributed by atoms with Crippen LogP contribution in [-0.2, 0) is 0 Å². The number of hydrogen-bond donors (Lipinski definition) is 0. The van der Waals surface area contributed by atoms with Crippen LogP contribution < -0.4 is 25.6 Å². The molecule has 12 aliphatic carbocycles. The van der Waals surface area contributed by atoms with Gasteiger partial charge in [0.1, 0.15) is 0 Å². The first-order chi connectivity index (χ1) is 55.7. The summed E-state index contributed by atoms with van der Waals surface area (Å²) in [7, 11) is 0. The third kappa shape index (κ3) is 11.6. The molecule has 6 heterocycles. The molecule has 6 nitrogen and oxygen atoms in total. The zero-order chi connectivity index (χ0) is 76.6. The van der Waals surface area contributed by atoms with Gasteiger partial charge >= 0.3 is 0 Å². The van der Waals surface area contributed by atoms with Crippen LogP contribution in [-0.4, -0.2) is 83.2 Å². The summed E-state index contributed by atoms with van der Waals surface area (Å²) < 4.78 is 0. The van der Waals surface area contributed by atoms with Crippen molar-refractivity contribution in [3.63, 3.8) is 0 Å². The van der Waals surface area contributed by atoms with Gasteiger partial charge in [0.15, 0.2) is 6.71 Å². The summed E-state index contributed by atoms with van der Waals surface area (Å²) in [6.45, 7) is 22.0. The van der Waals surface area contributed by atoms with E-state index in [1.54, 1.807) is 33.6 Å². The van der Waals surface area contributed by atoms with E-state index in [4.69, 9.17) is 0 Å². The lowest BCUT2D eigenvalue weighted by atomic mass is 9.20. The Kier molecular flexibility index (Phi) is 17.6. The molecule has 22 rings (SSSR count). The second kappa shape index (κ2) is 28.1. The molecule has 114 heavy (non-hydrogen) atoms. The van der Waals surface area contributed by atoms with E-state index in [0.29, 0.717) is 72.2 Å². The summed E-state index contributed by atoms with van der Waals surface area (Å²) >= 11 is 0. The normalized spacial score (nSPS) is 32.1. The number of rotatable bonds is 9. The van der Waals surface area contributed by atoms with E-state index >= 15 is 0 Å². The van der Waals surface area contributed by atoms with Gasteiger partial charge in [0.25, 0.3) is 0 Å². The standard InChI is InChI=1S/C105H113B3N6/c1-64-19-37-79(38-20-64)109-91-49-31-70(7)55-85(91)106-88-61-73(34-52-94(88)112(82-43-25-67(4)26-44-82)100-16-10-13-97(109)103(100)106)76-58-77(74-35-53-95-89(62-74)107-86-56-71(8)32-50-92(86)110(80-39-21-65(2)22-40-80)98-14-11-17-101(104(98)107)113(95)83-45-27-68(5)28-46-83)60-78(59-76)75-36-54-96-90(63-75)108-87-57-72(9)33-51-93(87)111(81-41-23-66(3)24-42-81)99-15-12-18-102(105(99)108)114(96)84-47-29-69(6)30-48-84/h13-15,19-21,23,25-29,31-35,37-39,41-43,45,49-53,55-61,63,66,74,82-86,89,91-92,95,101-102,104-105H,10-12,16-18,22,24,30,36,40,44,46-48,54,62H2,1-9H3. The number of hydrogen-bond acceptors (Lipinski definition) is 6. The number of benzene rings is 4. The van der Waals surface area contributed by atoms with E-state index in [0.717, 1.165) is 83.5 Å². The average molecular weight is 1490 g/mol. The molecule has 0 N–H and O–H groups in total. The molecule has 0 bridgehead atoms. The van der Waals surface area contributed by atoms with Crippen LogP contribution in [0.25, 0.3) is 16.7 Å². The van der Waals surface area contributed by atoms with Gasteiger partial charge in [-0.25, -0.2) is 0 Å². The largest absolute Gasteiger partial charge is 0.369 e. The van der Waals surface area contributed by atoms with Gasteiger partial charge in [0.2, 0.25) is 13.4 Å². The fourth-order valence-corrected chi connectivity index (χ4v) is 25.9. The molecule has 9 heteroatoms. The fourth-order valence-electron chi connectivity index (χ4n) is 25.9. The van der Waals surface area contributed by atoms with Crippen molar-refractivity contribution in [2.24, 2.45) is 5.92 Å². The Morgan fingerprint density at radius 3 is 1.97 bits per heavy atom. The topological polar surface area (TPSA) is 19.4 Å². The Morgan fingerprint density at radius 2 is 1.21 bits per heavy atom. The van der Waals surface area contributed by atoms with Crippen molar-refractivity contribution in [2.75, 3.05) is 14.7 Å². The van der Waals surface area contributed by atoms with Crippen LogP contribution in [0.3, 0.4) is 0 Å². The number of aryl methyl sites for hydroxylation is 2. The first-order valence-corrected chi connectivity index (χ1v) is 44.7. The van der Waals surface area contributed by atoms with Crippen molar-refractivity contribution in [1.82, 2.24) is 14.7 Å². The van der Waals surface area contributed by atoms with Gasteiger partial charge < -0.3 is 24.5 Å². The van der Waals surface area contributed by atoms with Crippen LogP contribution >= 0.6 is 0 Å². The summed E-state index contributed by atoms with van der Waals surface area (Å²) in [6.07, 6.45) is 81.1. The Bertz CT molecular complexity index is 5440. The Balaban J connectivity index is 0.736. The summed E-state index contributed by atoms with van der Waals surface area (Å²) in [5.41, 5.74) is 39.4. The van der Waals surface area contributed by atoms with E-state index in [1.807, 2.05) is 0 Å². The van der Waals surface area contributed by atoms with Crippen molar-refractivity contribution in [1.29, 1.82) is 0 Å². The highest BCUT2D eigenvalue weighted by atomic mass is 15.3. The van der Waals surface area contributed by atoms with E-state index in [1.165, 1.54) is 143 Å². The minimum Gasteiger partial charge on any atom is -0.369 e. The van der Waals surface area contributed by atoms with E-state index < -0.39 is 0 Å². The van der Waals surface area contributed by atoms with Crippen LogP contribution in [0.5, 0.6) is 0 Å². The molecule has 3 fully saturated rings. The molecule has 0 saturated carbocycles. The maximum atomic E-state index is 3.13. The predicted molar refractivity (Wildman–Crippen MR) is 483 cm³/mol. The number of anilines is 3. The van der Waals surface area contributed by atoms with Crippen LogP contribution in [0.2, 0.25) is 29.1 Å². The SMILES string of the molecule is CC1=CCC(N2C3=C4B(c5cc(-c6cc(C7=CC8=C(CC7)N(C7CC=C(C)CC7)C7CCC=C9C7B8c7cc(C)ccc7N9C7=CCC(C)C=C7)cc(C7C=CC8C(C7)B7C9C=C(C)C=CC9N(C9=CC=C(C)CC9)C9=CCCC(C79)N8C7C=CC(C)=CC7)c6)ccc52)C2C=C(C)C=CC2N(c2ccc(C)cc2)C4=CCC3)C=C1. The lowest BCUT2D eigenvalue weighted by Gasteiger charge is -2.64. The maximum Gasteiger partial charge on any atom is 0.226 e. The maximum absolute atomic E-state index is 3.13. The Morgan fingerprint density at radius 1 is 0.465 bits per heavy atom. The molecule has 0 spiro atoms. The highest BCUT2D eigenvalue weighted by Crippen LogP contribution is 2.63. The summed E-state index contributed by atoms with van der Waals surface area (Å²) in [5, 5.41) is 0. The molecule has 4 aromatic carbocycles. The Labute approximate surface area is 681 Å². The van der Waals surface area contributed by atoms with Gasteiger partial charge in [0.05, 0.1) is 18.1 Å². The van der Waals surface area contributed by atoms with Gasteiger partial charge in [-0.15, -0.1) is 0 Å². The number of allylic oxidation sites excluding steroid dienone is 26. The molecular weight excluding hydrogens is 1380 g/mol. The summed E-state index contributed by atoms with van der Waals surface area (Å²) in [4.78, 5) is 17.5. The van der Waals surface area contributed by atoms with E-state index in [9.17, 15) is 0 Å². The van der Waals surface area contributed by atoms with Crippen molar-refractivity contribution in [3.05, 3.63) is 331 Å². The second-order valence-corrected chi connectivity index (χ2v) is 38.1. The predicted octanol–water partition coefficient (Wildman–Crippen LogP) is 23.4. The van der Waals surface area contributed by atoms with Gasteiger partial charge in [-0.05, 0) is 280 Å². The van der Waals surface area contributed by atoms with E-state index in [2.05, 4.69) is 316 Å². The quantitative estimate of drug-likeness (QED) is 0.122. The van der Waals surface area contributed by atoms with Gasteiger partial charge in [-0.2, -0.15) is 0 Å². The van der Waals surface area contributed by atoms with Crippen molar-refractivity contribution < 1.29 is 0 Å². The minimum absolute atomic E-state index is 0.171. The molecular formula is C105H113B3N6. The molecule has 15 unspecified atom stereocenters. The first kappa shape index (κ1) is 71.4. The van der Waals surface area contributed by atoms with Crippen LogP contribution in [0, 0.1) is 19.8 Å². The lowest BCUT2D eigenvalue weighted by Crippen LogP contribution is -2.67. The molecule has 6 aliphatic heterocycles. The first-order valence-electron chi connectivity index (χ1n) is 44.7. The highest BCUT2D eigenvalue weighted by molar-refractivity contribution is 6.85. The minimum atomic E-state index is 0.171. The molecule has 3 saturated heterocycles. The average Bonchev–Trinajstić information content (AvgIpc) is 0.709. The van der Waals surface area contributed by atoms with Gasteiger partial charge in [-0.1, -0.05) is 239 Å². The zero-order valence-corrected chi connectivity index (χ0v) is 69.0. The van der Waals surface area contributed by atoms with Gasteiger partial charge in [0, 0.05) is 98.9 Å². The third-order valence-electron chi connectivity index (χ3n) is 31.1. The van der Waals surface area contributed by atoms with Crippen molar-refractivity contribution >= 4 is 53.7 Å². The van der Waals surface area contributed by atoms with Crippen LogP contribution in [0.15, 0.2) is 309 Å². The summed E-state index contributed by atoms with van der Waals surface area (Å²) in [6, 6.07) is 36.0. The fraction of sp³-hybridized carbons (Fsp3) is 0.390. The Hall–Kier alpha value is -9.17. The summed E-state index contributed by atoms with van der Waals surface area (Å²) in [5.74, 6) is 2.64. The molecule has 18 aliphatic rings. The third-order valence-corrected chi connectivity index (χ3v) is 31.1. The van der Waals surface area contributed by atoms with E-state index in [-0.39, 0.29) is 37.2 Å². The zero-order valence-electron chi connectivity index (χ0n) is 69.0. The molecule has 4 aromatic rings. The molecule has 0 radical (unpaired) electrons. The monoisotopic (exact) mass is 1490 g/mol.